The summed E-state index contributed by atoms with van der Waals surface area (Å²) in [6, 6.07) is 7.94. The maximum atomic E-state index is 12.5. The molecular formula is C22H33N3O3. The van der Waals surface area contributed by atoms with Crippen LogP contribution in [0.2, 0.25) is 0 Å². The van der Waals surface area contributed by atoms with Crippen molar-refractivity contribution < 1.29 is 14.7 Å². The van der Waals surface area contributed by atoms with E-state index in [1.165, 1.54) is 5.56 Å². The van der Waals surface area contributed by atoms with Crippen molar-refractivity contribution in [3.8, 4) is 0 Å². The van der Waals surface area contributed by atoms with Crippen LogP contribution in [0.3, 0.4) is 0 Å². The molecule has 1 unspecified atom stereocenters. The predicted octanol–water partition coefficient (Wildman–Crippen LogP) is 2.62. The Morgan fingerprint density at radius 2 is 2.04 bits per heavy atom. The lowest BCUT2D eigenvalue weighted by Crippen LogP contribution is -2.43. The molecule has 0 aromatic heterocycles. The first kappa shape index (κ1) is 20.8. The summed E-state index contributed by atoms with van der Waals surface area (Å²) in [6.45, 7) is 5.87. The zero-order valence-electron chi connectivity index (χ0n) is 16.9. The number of piperidine rings is 2. The molecular weight excluding hydrogens is 354 g/mol. The third kappa shape index (κ3) is 5.79. The number of aliphatic hydroxyl groups excluding tert-OH is 1. The molecule has 154 valence electrons. The van der Waals surface area contributed by atoms with Crippen LogP contribution in [-0.4, -0.2) is 59.0 Å². The van der Waals surface area contributed by atoms with Crippen molar-refractivity contribution >= 4 is 17.5 Å². The smallest absolute Gasteiger partial charge is 0.226 e. The van der Waals surface area contributed by atoms with Crippen LogP contribution >= 0.6 is 0 Å². The van der Waals surface area contributed by atoms with Crippen LogP contribution in [0.15, 0.2) is 24.3 Å². The van der Waals surface area contributed by atoms with Crippen LogP contribution < -0.4 is 5.32 Å². The molecule has 2 aliphatic rings. The van der Waals surface area contributed by atoms with E-state index >= 15 is 0 Å². The number of rotatable bonds is 7. The predicted molar refractivity (Wildman–Crippen MR) is 110 cm³/mol. The quantitative estimate of drug-likeness (QED) is 0.754. The number of carbonyl (C=O) groups excluding carboxylic acids is 2. The second-order valence-corrected chi connectivity index (χ2v) is 8.25. The van der Waals surface area contributed by atoms with Gasteiger partial charge in [0.2, 0.25) is 11.8 Å². The average molecular weight is 388 g/mol. The molecule has 2 saturated heterocycles. The van der Waals surface area contributed by atoms with Crippen molar-refractivity contribution in [2.75, 3.05) is 31.6 Å². The Morgan fingerprint density at radius 3 is 2.75 bits per heavy atom. The first-order valence-electron chi connectivity index (χ1n) is 10.6. The molecule has 0 bridgehead atoms. The van der Waals surface area contributed by atoms with E-state index in [1.54, 1.807) is 0 Å². The largest absolute Gasteiger partial charge is 0.396 e. The highest BCUT2D eigenvalue weighted by atomic mass is 16.3. The Balaban J connectivity index is 1.49. The lowest BCUT2D eigenvalue weighted by atomic mass is 9.97. The number of hydrogen-bond acceptors (Lipinski definition) is 4. The molecule has 1 atom stereocenters. The molecule has 6 heteroatoms. The van der Waals surface area contributed by atoms with Crippen LogP contribution in [0.1, 0.15) is 51.0 Å². The second-order valence-electron chi connectivity index (χ2n) is 8.25. The van der Waals surface area contributed by atoms with Crippen LogP contribution in [0.25, 0.3) is 0 Å². The van der Waals surface area contributed by atoms with Crippen molar-refractivity contribution in [3.05, 3.63) is 29.8 Å². The fraction of sp³-hybridized carbons (Fsp3) is 0.636. The van der Waals surface area contributed by atoms with Crippen LogP contribution in [0.4, 0.5) is 5.69 Å². The lowest BCUT2D eigenvalue weighted by Gasteiger charge is -2.32. The van der Waals surface area contributed by atoms with Gasteiger partial charge in [0.25, 0.3) is 0 Å². The van der Waals surface area contributed by atoms with Gasteiger partial charge in [0.1, 0.15) is 0 Å². The van der Waals surface area contributed by atoms with E-state index in [1.807, 2.05) is 30.0 Å². The molecule has 1 aromatic rings. The molecule has 3 rings (SSSR count). The fourth-order valence-corrected chi connectivity index (χ4v) is 4.22. The molecule has 0 aliphatic carbocycles. The van der Waals surface area contributed by atoms with Crippen molar-refractivity contribution in [2.45, 2.75) is 58.0 Å². The van der Waals surface area contributed by atoms with E-state index in [4.69, 9.17) is 0 Å². The summed E-state index contributed by atoms with van der Waals surface area (Å²) in [4.78, 5) is 28.7. The highest BCUT2D eigenvalue weighted by Gasteiger charge is 2.24. The van der Waals surface area contributed by atoms with Gasteiger partial charge in [0, 0.05) is 44.3 Å². The zero-order chi connectivity index (χ0) is 19.9. The van der Waals surface area contributed by atoms with Crippen LogP contribution in [0, 0.1) is 5.92 Å². The number of nitrogens with one attached hydrogen (secondary N) is 1. The number of hydrogen-bond donors (Lipinski definition) is 2. The summed E-state index contributed by atoms with van der Waals surface area (Å²) < 4.78 is 0. The Labute approximate surface area is 167 Å². The maximum absolute atomic E-state index is 12.5. The van der Waals surface area contributed by atoms with Crippen LogP contribution in [0.5, 0.6) is 0 Å². The summed E-state index contributed by atoms with van der Waals surface area (Å²) in [5.74, 6) is 0.556. The number of anilines is 1. The van der Waals surface area contributed by atoms with Gasteiger partial charge < -0.3 is 15.3 Å². The second kappa shape index (κ2) is 10.0. The molecule has 2 aliphatic heterocycles. The summed E-state index contributed by atoms with van der Waals surface area (Å²) in [6.07, 6.45) is 4.99. The Hall–Kier alpha value is -1.92. The molecule has 1 aromatic carbocycles. The normalized spacial score (nSPS) is 20.2. The summed E-state index contributed by atoms with van der Waals surface area (Å²) in [7, 11) is 0. The summed E-state index contributed by atoms with van der Waals surface area (Å²) >= 11 is 0. The van der Waals surface area contributed by atoms with Gasteiger partial charge in [-0.15, -0.1) is 0 Å². The highest BCUT2D eigenvalue weighted by Crippen LogP contribution is 2.20. The molecule has 6 nitrogen and oxygen atoms in total. The van der Waals surface area contributed by atoms with Gasteiger partial charge in [-0.3, -0.25) is 14.5 Å². The summed E-state index contributed by atoms with van der Waals surface area (Å²) in [5, 5.41) is 12.3. The average Bonchev–Trinajstić information content (AvgIpc) is 2.69. The number of amides is 2. The number of benzene rings is 1. The Morgan fingerprint density at radius 1 is 1.25 bits per heavy atom. The molecule has 0 saturated carbocycles. The number of nitrogens with zero attached hydrogens (tertiary/aromatic N) is 2. The van der Waals surface area contributed by atoms with Crippen molar-refractivity contribution in [2.24, 2.45) is 5.92 Å². The fourth-order valence-electron chi connectivity index (χ4n) is 4.22. The third-order valence-corrected chi connectivity index (χ3v) is 5.96. The first-order chi connectivity index (χ1) is 13.5. The minimum Gasteiger partial charge on any atom is -0.396 e. The van der Waals surface area contributed by atoms with E-state index in [0.29, 0.717) is 18.8 Å². The first-order valence-corrected chi connectivity index (χ1v) is 10.6. The Kier molecular flexibility index (Phi) is 7.45. The van der Waals surface area contributed by atoms with Gasteiger partial charge in [0.05, 0.1) is 0 Å². The van der Waals surface area contributed by atoms with E-state index in [2.05, 4.69) is 16.3 Å². The minimum atomic E-state index is -0.0659. The van der Waals surface area contributed by atoms with Gasteiger partial charge in [0.15, 0.2) is 0 Å². The number of aliphatic hydroxyl groups is 1. The van der Waals surface area contributed by atoms with E-state index in [0.717, 1.165) is 57.5 Å². The van der Waals surface area contributed by atoms with Gasteiger partial charge >= 0.3 is 0 Å². The monoisotopic (exact) mass is 387 g/mol. The van der Waals surface area contributed by atoms with Crippen molar-refractivity contribution in [1.29, 1.82) is 0 Å². The van der Waals surface area contributed by atoms with Gasteiger partial charge in [-0.05, 0) is 69.3 Å². The highest BCUT2D eigenvalue weighted by molar-refractivity contribution is 5.91. The molecule has 0 radical (unpaired) electrons. The lowest BCUT2D eigenvalue weighted by molar-refractivity contribution is -0.136. The zero-order valence-corrected chi connectivity index (χ0v) is 16.9. The Bertz CT molecular complexity index is 671. The molecule has 2 heterocycles. The molecule has 28 heavy (non-hydrogen) atoms. The van der Waals surface area contributed by atoms with Gasteiger partial charge in [-0.2, -0.15) is 0 Å². The third-order valence-electron chi connectivity index (χ3n) is 5.96. The van der Waals surface area contributed by atoms with Crippen LogP contribution in [-0.2, 0) is 16.1 Å². The minimum absolute atomic E-state index is 0.0493. The van der Waals surface area contributed by atoms with E-state index < -0.39 is 0 Å². The van der Waals surface area contributed by atoms with Crippen molar-refractivity contribution in [3.63, 3.8) is 0 Å². The summed E-state index contributed by atoms with van der Waals surface area (Å²) in [5.41, 5.74) is 1.99. The maximum Gasteiger partial charge on any atom is 0.226 e. The SMILES string of the molecule is CC(CC(=O)Nc1cccc(CN2CCC(CO)CC2)c1)N1CCCCC1=O. The molecule has 0 spiro atoms. The number of likely N-dealkylation sites (tertiary alicyclic amines) is 2. The van der Waals surface area contributed by atoms with Gasteiger partial charge in [-0.25, -0.2) is 0 Å². The topological polar surface area (TPSA) is 72.9 Å². The van der Waals surface area contributed by atoms with Crippen molar-refractivity contribution in [1.82, 2.24) is 9.80 Å². The molecule has 2 N–H and O–H groups in total. The standard InChI is InChI=1S/C22H33N3O3/c1-17(25-10-3-2-7-22(25)28)13-21(27)23-20-6-4-5-19(14-20)15-24-11-8-18(16-26)9-12-24/h4-6,14,17-18,26H,2-3,7-13,15-16H2,1H3,(H,23,27). The van der Waals surface area contributed by atoms with E-state index in [-0.39, 0.29) is 24.5 Å². The van der Waals surface area contributed by atoms with Gasteiger partial charge in [-0.1, -0.05) is 12.1 Å². The number of carbonyl (C=O) groups is 2. The molecule has 2 amide bonds. The molecule has 2 fully saturated rings. The van der Waals surface area contributed by atoms with E-state index in [9.17, 15) is 14.7 Å².